The first kappa shape index (κ1) is 16.4. The average Bonchev–Trinajstić information content (AvgIpc) is 2.93. The predicted octanol–water partition coefficient (Wildman–Crippen LogP) is 5.14. The smallest absolute Gasteiger partial charge is 0.129 e. The third-order valence-electron chi connectivity index (χ3n) is 4.64. The second-order valence-electron chi connectivity index (χ2n) is 7.35. The van der Waals surface area contributed by atoms with Crippen LogP contribution in [0, 0.1) is 6.92 Å². The number of hydrogen-bond donors (Lipinski definition) is 1. The van der Waals surface area contributed by atoms with Crippen molar-refractivity contribution in [2.75, 3.05) is 0 Å². The molecule has 24 heavy (non-hydrogen) atoms. The van der Waals surface area contributed by atoms with Gasteiger partial charge in [-0.1, -0.05) is 19.9 Å². The van der Waals surface area contributed by atoms with Crippen molar-refractivity contribution < 1.29 is 4.79 Å². The zero-order valence-corrected chi connectivity index (χ0v) is 15.0. The van der Waals surface area contributed by atoms with E-state index >= 15 is 0 Å². The molecule has 0 saturated carbocycles. The molecule has 3 rings (SSSR count). The van der Waals surface area contributed by atoms with Crippen LogP contribution in [0.5, 0.6) is 0 Å². The second-order valence-corrected chi connectivity index (χ2v) is 7.35. The van der Waals surface area contributed by atoms with E-state index in [4.69, 9.17) is 0 Å². The molecular formula is C21H24N2O. The summed E-state index contributed by atoms with van der Waals surface area (Å²) in [6.07, 6.45) is 2.87. The third kappa shape index (κ3) is 2.75. The molecule has 124 valence electrons. The number of benzene rings is 1. The number of H-pyrrole nitrogens is 1. The zero-order chi connectivity index (χ0) is 17.5. The molecule has 0 bridgehead atoms. The monoisotopic (exact) mass is 320 g/mol. The lowest BCUT2D eigenvalue weighted by atomic mass is 9.85. The number of aromatic amines is 1. The van der Waals surface area contributed by atoms with Gasteiger partial charge in [0.15, 0.2) is 0 Å². The number of aromatic nitrogens is 2. The highest BCUT2D eigenvalue weighted by molar-refractivity contribution is 5.92. The lowest BCUT2D eigenvalue weighted by molar-refractivity contribution is -0.111. The number of nitrogens with one attached hydrogen (secondary N) is 1. The number of aldehydes is 1. The fourth-order valence-corrected chi connectivity index (χ4v) is 3.21. The van der Waals surface area contributed by atoms with Crippen LogP contribution in [0.2, 0.25) is 0 Å². The van der Waals surface area contributed by atoms with E-state index in [9.17, 15) is 4.79 Å². The topological polar surface area (TPSA) is 45.8 Å². The van der Waals surface area contributed by atoms with Crippen LogP contribution in [0.25, 0.3) is 22.2 Å². The quantitative estimate of drug-likeness (QED) is 0.677. The van der Waals surface area contributed by atoms with Crippen LogP contribution >= 0.6 is 0 Å². The van der Waals surface area contributed by atoms with Gasteiger partial charge in [-0.2, -0.15) is 0 Å². The summed E-state index contributed by atoms with van der Waals surface area (Å²) in [4.78, 5) is 19.3. The minimum absolute atomic E-state index is 0.372. The molecule has 0 radical (unpaired) electrons. The summed E-state index contributed by atoms with van der Waals surface area (Å²) in [7, 11) is 0. The number of aryl methyl sites for hydroxylation is 1. The van der Waals surface area contributed by atoms with Gasteiger partial charge in [0.1, 0.15) is 6.29 Å². The van der Waals surface area contributed by atoms with E-state index in [1.807, 2.05) is 39.1 Å². The molecule has 2 aromatic heterocycles. The van der Waals surface area contributed by atoms with Gasteiger partial charge >= 0.3 is 0 Å². The third-order valence-corrected chi connectivity index (χ3v) is 4.64. The predicted molar refractivity (Wildman–Crippen MR) is 99.4 cm³/mol. The molecule has 0 spiro atoms. The van der Waals surface area contributed by atoms with Crippen molar-refractivity contribution in [1.82, 2.24) is 9.97 Å². The van der Waals surface area contributed by atoms with Gasteiger partial charge in [-0.3, -0.25) is 4.98 Å². The van der Waals surface area contributed by atoms with Crippen LogP contribution in [-0.4, -0.2) is 16.3 Å². The zero-order valence-electron chi connectivity index (χ0n) is 15.0. The first-order chi connectivity index (χ1) is 11.3. The van der Waals surface area contributed by atoms with Crippen molar-refractivity contribution in [3.05, 3.63) is 53.3 Å². The van der Waals surface area contributed by atoms with E-state index in [0.717, 1.165) is 34.3 Å². The van der Waals surface area contributed by atoms with Gasteiger partial charge in [-0.25, -0.2) is 0 Å². The maximum atomic E-state index is 11.4. The normalized spacial score (nSPS) is 12.1. The molecule has 0 aliphatic heterocycles. The first-order valence-electron chi connectivity index (χ1n) is 8.39. The summed E-state index contributed by atoms with van der Waals surface area (Å²) >= 11 is 0. The van der Waals surface area contributed by atoms with Crippen LogP contribution in [-0.2, 0) is 10.2 Å². The van der Waals surface area contributed by atoms with E-state index in [1.165, 1.54) is 10.9 Å². The lowest BCUT2D eigenvalue weighted by Gasteiger charge is -2.18. The largest absolute Gasteiger partial charge is 0.354 e. The van der Waals surface area contributed by atoms with E-state index in [0.29, 0.717) is 5.92 Å². The standard InChI is InChI=1S/C21H24N2O/c1-13(2)19-17-11-16(21(4,5)12-24)6-7-18(17)23-20(19)15-8-9-22-14(3)10-15/h6-13,23H,1-5H3. The molecular weight excluding hydrogens is 296 g/mol. The van der Waals surface area contributed by atoms with Gasteiger partial charge in [0, 0.05) is 33.8 Å². The van der Waals surface area contributed by atoms with Crippen molar-refractivity contribution in [3.8, 4) is 11.3 Å². The number of carbonyl (C=O) groups excluding carboxylic acids is 1. The lowest BCUT2D eigenvalue weighted by Crippen LogP contribution is -2.18. The summed E-state index contributed by atoms with van der Waals surface area (Å²) < 4.78 is 0. The molecule has 0 fully saturated rings. The fraction of sp³-hybridized carbons (Fsp3) is 0.333. The Morgan fingerprint density at radius 1 is 1.17 bits per heavy atom. The molecule has 3 nitrogen and oxygen atoms in total. The van der Waals surface area contributed by atoms with Crippen molar-refractivity contribution in [2.45, 2.75) is 46.0 Å². The Morgan fingerprint density at radius 3 is 2.54 bits per heavy atom. The molecule has 0 saturated heterocycles. The summed E-state index contributed by atoms with van der Waals surface area (Å²) in [5, 5.41) is 1.20. The van der Waals surface area contributed by atoms with Gasteiger partial charge in [-0.15, -0.1) is 0 Å². The number of hydrogen-bond acceptors (Lipinski definition) is 2. The minimum Gasteiger partial charge on any atom is -0.354 e. The van der Waals surface area contributed by atoms with Gasteiger partial charge < -0.3 is 9.78 Å². The molecule has 1 aromatic carbocycles. The molecule has 3 aromatic rings. The van der Waals surface area contributed by atoms with E-state index in [1.54, 1.807) is 0 Å². The van der Waals surface area contributed by atoms with Crippen LogP contribution in [0.4, 0.5) is 0 Å². The SMILES string of the molecule is Cc1cc(-c2[nH]c3ccc(C(C)(C)C=O)cc3c2C(C)C)ccn1. The number of nitrogens with zero attached hydrogens (tertiary/aromatic N) is 1. The molecule has 0 amide bonds. The second kappa shape index (κ2) is 5.90. The number of carbonyl (C=O) groups is 1. The molecule has 2 heterocycles. The Labute approximate surface area is 143 Å². The molecule has 3 heteroatoms. The van der Waals surface area contributed by atoms with Crippen molar-refractivity contribution in [2.24, 2.45) is 0 Å². The van der Waals surface area contributed by atoms with Crippen molar-refractivity contribution >= 4 is 17.2 Å². The first-order valence-corrected chi connectivity index (χ1v) is 8.39. The molecule has 0 aliphatic carbocycles. The highest BCUT2D eigenvalue weighted by atomic mass is 16.1. The van der Waals surface area contributed by atoms with Gasteiger partial charge in [0.05, 0.1) is 5.69 Å². The molecule has 0 unspecified atom stereocenters. The minimum atomic E-state index is -0.479. The highest BCUT2D eigenvalue weighted by Gasteiger charge is 2.22. The van der Waals surface area contributed by atoms with Crippen LogP contribution in [0.1, 0.15) is 50.4 Å². The highest BCUT2D eigenvalue weighted by Crippen LogP contribution is 2.37. The maximum Gasteiger partial charge on any atom is 0.129 e. The number of pyridine rings is 1. The van der Waals surface area contributed by atoms with Crippen molar-refractivity contribution in [1.29, 1.82) is 0 Å². The number of fused-ring (bicyclic) bond motifs is 1. The Bertz CT molecular complexity index is 903. The van der Waals surface area contributed by atoms with E-state index in [-0.39, 0.29) is 0 Å². The van der Waals surface area contributed by atoms with E-state index in [2.05, 4.69) is 42.0 Å². The van der Waals surface area contributed by atoms with Crippen LogP contribution in [0.15, 0.2) is 36.5 Å². The number of rotatable bonds is 4. The summed E-state index contributed by atoms with van der Waals surface area (Å²) in [6, 6.07) is 10.4. The molecule has 1 N–H and O–H groups in total. The Hall–Kier alpha value is -2.42. The Balaban J connectivity index is 2.28. The fourth-order valence-electron chi connectivity index (χ4n) is 3.21. The van der Waals surface area contributed by atoms with Gasteiger partial charge in [0.2, 0.25) is 0 Å². The summed E-state index contributed by atoms with van der Waals surface area (Å²) in [6.45, 7) is 10.3. The molecule has 0 aliphatic rings. The summed E-state index contributed by atoms with van der Waals surface area (Å²) in [5.41, 5.74) is 6.26. The van der Waals surface area contributed by atoms with Gasteiger partial charge in [0.25, 0.3) is 0 Å². The maximum absolute atomic E-state index is 11.4. The van der Waals surface area contributed by atoms with Crippen LogP contribution in [0.3, 0.4) is 0 Å². The van der Waals surface area contributed by atoms with E-state index < -0.39 is 5.41 Å². The Morgan fingerprint density at radius 2 is 1.92 bits per heavy atom. The van der Waals surface area contributed by atoms with Gasteiger partial charge in [-0.05, 0) is 62.1 Å². The Kier molecular flexibility index (Phi) is 4.04. The average molecular weight is 320 g/mol. The van der Waals surface area contributed by atoms with Crippen LogP contribution < -0.4 is 0 Å². The molecule has 0 atom stereocenters. The summed E-state index contributed by atoms with van der Waals surface area (Å²) in [5.74, 6) is 0.372. The van der Waals surface area contributed by atoms with Crippen molar-refractivity contribution in [3.63, 3.8) is 0 Å².